The number of hydrogen-bond donors (Lipinski definition) is 2. The van der Waals surface area contributed by atoms with E-state index in [-0.39, 0.29) is 23.0 Å². The van der Waals surface area contributed by atoms with E-state index in [0.29, 0.717) is 44.6 Å². The molecule has 0 radical (unpaired) electrons. The fourth-order valence-corrected chi connectivity index (χ4v) is 8.26. The molecule has 8 rings (SSSR count). The molecule has 3 aliphatic rings. The number of methoxy groups -OCH3 is 1. The minimum atomic E-state index is -0.263. The molecule has 10 nitrogen and oxygen atoms in total. The van der Waals surface area contributed by atoms with E-state index in [2.05, 4.69) is 31.7 Å². The second-order valence-electron chi connectivity index (χ2n) is 12.8. The molecule has 2 aromatic carbocycles. The highest BCUT2D eigenvalue weighted by Gasteiger charge is 2.46. The van der Waals surface area contributed by atoms with Crippen molar-refractivity contribution in [1.82, 2.24) is 30.0 Å². The van der Waals surface area contributed by atoms with E-state index in [9.17, 15) is 9.59 Å². The Morgan fingerprint density at radius 2 is 1.76 bits per heavy atom. The average molecular weight is 713 g/mol. The van der Waals surface area contributed by atoms with Crippen LogP contribution in [0, 0.1) is 0 Å². The molecule has 12 heteroatoms. The number of rotatable bonds is 6. The van der Waals surface area contributed by atoms with Gasteiger partial charge in [-0.05, 0) is 49.4 Å². The first-order chi connectivity index (χ1) is 24.2. The summed E-state index contributed by atoms with van der Waals surface area (Å²) in [6.07, 6.45) is 7.60. The predicted octanol–water partition coefficient (Wildman–Crippen LogP) is 7.48. The number of nitrogens with zero attached hydrogens (tertiary/aromatic N) is 5. The third-order valence-electron chi connectivity index (χ3n) is 10.1. The molecule has 2 aliphatic heterocycles. The molecule has 1 aliphatic carbocycles. The molecule has 5 heterocycles. The highest BCUT2D eigenvalue weighted by Crippen LogP contribution is 2.47. The molecule has 2 N–H and O–H groups in total. The van der Waals surface area contributed by atoms with Gasteiger partial charge in [-0.3, -0.25) is 14.5 Å². The molecule has 0 bridgehead atoms. The van der Waals surface area contributed by atoms with Gasteiger partial charge >= 0.3 is 0 Å². The maximum atomic E-state index is 12.9. The lowest BCUT2D eigenvalue weighted by Crippen LogP contribution is -2.44. The minimum Gasteiger partial charge on any atom is -0.481 e. The van der Waals surface area contributed by atoms with E-state index in [0.717, 1.165) is 66.7 Å². The molecule has 50 heavy (non-hydrogen) atoms. The van der Waals surface area contributed by atoms with Gasteiger partial charge in [0.25, 0.3) is 5.56 Å². The Hall–Kier alpha value is -4.51. The number of aryl methyl sites for hydroxylation is 2. The van der Waals surface area contributed by atoms with E-state index in [1.165, 1.54) is 10.2 Å². The van der Waals surface area contributed by atoms with E-state index in [1.807, 2.05) is 50.2 Å². The SMILES string of the molecule is CC.COc1nc(-c2cccc(-c3cccc(Nc4nccc5cnn(C)c(=O)c45)c3Cl)c2Cl)cc2c1C(N1CCC3(CCC(=O)N3)C1)CC2. The van der Waals surface area contributed by atoms with Crippen molar-refractivity contribution in [2.24, 2.45) is 7.05 Å². The maximum Gasteiger partial charge on any atom is 0.278 e. The Bertz CT molecular complexity index is 2190. The Kier molecular flexibility index (Phi) is 9.28. The van der Waals surface area contributed by atoms with Crippen molar-refractivity contribution in [3.63, 3.8) is 0 Å². The number of halogens is 2. The summed E-state index contributed by atoms with van der Waals surface area (Å²) < 4.78 is 7.20. The third kappa shape index (κ3) is 5.89. The Balaban J connectivity index is 0.00000193. The van der Waals surface area contributed by atoms with Gasteiger partial charge in [-0.2, -0.15) is 5.10 Å². The van der Waals surface area contributed by atoms with Crippen LogP contribution in [0.2, 0.25) is 10.0 Å². The lowest BCUT2D eigenvalue weighted by molar-refractivity contribution is -0.119. The Morgan fingerprint density at radius 1 is 1.00 bits per heavy atom. The summed E-state index contributed by atoms with van der Waals surface area (Å²) in [5, 5.41) is 12.7. The molecule has 1 amide bonds. The summed E-state index contributed by atoms with van der Waals surface area (Å²) in [6.45, 7) is 5.78. The summed E-state index contributed by atoms with van der Waals surface area (Å²) in [6, 6.07) is 15.5. The van der Waals surface area contributed by atoms with Gasteiger partial charge in [-0.1, -0.05) is 67.4 Å². The molecule has 258 valence electrons. The van der Waals surface area contributed by atoms with E-state index in [4.69, 9.17) is 32.9 Å². The number of fused-ring (bicyclic) bond motifs is 2. The van der Waals surface area contributed by atoms with Gasteiger partial charge < -0.3 is 15.4 Å². The molecular weight excluding hydrogens is 673 g/mol. The number of anilines is 2. The minimum absolute atomic E-state index is 0.109. The molecule has 3 aromatic heterocycles. The third-order valence-corrected chi connectivity index (χ3v) is 10.9. The number of amides is 1. The topological polar surface area (TPSA) is 114 Å². The van der Waals surface area contributed by atoms with Crippen LogP contribution in [0.5, 0.6) is 5.88 Å². The van der Waals surface area contributed by atoms with Crippen LogP contribution in [0.25, 0.3) is 33.2 Å². The van der Waals surface area contributed by atoms with Crippen LogP contribution in [0.15, 0.2) is 65.7 Å². The van der Waals surface area contributed by atoms with Gasteiger partial charge in [-0.15, -0.1) is 0 Å². The van der Waals surface area contributed by atoms with Crippen LogP contribution in [0.4, 0.5) is 11.5 Å². The van der Waals surface area contributed by atoms with Gasteiger partial charge in [0, 0.05) is 66.4 Å². The molecule has 1 spiro atoms. The molecule has 5 aromatic rings. The second kappa shape index (κ2) is 13.7. The highest BCUT2D eigenvalue weighted by atomic mass is 35.5. The summed E-state index contributed by atoms with van der Waals surface area (Å²) in [5.41, 5.74) is 5.51. The standard InChI is InChI=1S/C36H33Cl2N7O3.C2H6/c1-44-35(47)30-21(18-40-44)12-15-39-33(30)41-25-8-4-6-23(32(25)38)22-5-3-7-24(31(22)37)26-17-20-9-10-27(29(20)34(42-26)48-2)45-16-14-36(19-45)13-11-28(46)43-36;1-2/h3-8,12,15,17-18,27H,9-11,13-14,16,19H2,1-2H3,(H,39,41)(H,43,46);1-2H3. The number of carbonyl (C=O) groups is 1. The highest BCUT2D eigenvalue weighted by molar-refractivity contribution is 6.39. The van der Waals surface area contributed by atoms with Crippen molar-refractivity contribution < 1.29 is 9.53 Å². The second-order valence-corrected chi connectivity index (χ2v) is 13.6. The zero-order valence-corrected chi connectivity index (χ0v) is 30.0. The first kappa shape index (κ1) is 34.0. The van der Waals surface area contributed by atoms with Crippen LogP contribution in [-0.4, -0.2) is 56.3 Å². The molecule has 2 saturated heterocycles. The number of aromatic nitrogens is 4. The molecular formula is C38H39Cl2N7O3. The number of ether oxygens (including phenoxy) is 1. The first-order valence-corrected chi connectivity index (χ1v) is 17.8. The lowest BCUT2D eigenvalue weighted by Gasteiger charge is -2.28. The van der Waals surface area contributed by atoms with Crippen LogP contribution in [0.1, 0.15) is 56.7 Å². The number of likely N-dealkylation sites (tertiary alicyclic amines) is 1. The molecule has 2 unspecified atom stereocenters. The number of benzene rings is 2. The summed E-state index contributed by atoms with van der Waals surface area (Å²) in [4.78, 5) is 36.9. The van der Waals surface area contributed by atoms with Crippen molar-refractivity contribution in [2.45, 2.75) is 57.5 Å². The van der Waals surface area contributed by atoms with Crippen molar-refractivity contribution in [3.05, 3.63) is 92.5 Å². The molecule has 2 fully saturated rings. The monoisotopic (exact) mass is 711 g/mol. The van der Waals surface area contributed by atoms with Gasteiger partial charge in [0.2, 0.25) is 11.8 Å². The Labute approximate surface area is 300 Å². The normalized spacial score (nSPS) is 19.7. The van der Waals surface area contributed by atoms with Crippen molar-refractivity contribution >= 4 is 51.4 Å². The average Bonchev–Trinajstić information content (AvgIpc) is 3.86. The number of pyridine rings is 2. The summed E-state index contributed by atoms with van der Waals surface area (Å²) in [5.74, 6) is 1.15. The van der Waals surface area contributed by atoms with Crippen LogP contribution < -0.4 is 20.9 Å². The van der Waals surface area contributed by atoms with Crippen molar-refractivity contribution in [2.75, 3.05) is 25.5 Å². The summed E-state index contributed by atoms with van der Waals surface area (Å²) in [7, 11) is 3.27. The number of nitrogens with one attached hydrogen (secondary N) is 2. The van der Waals surface area contributed by atoms with E-state index < -0.39 is 0 Å². The smallest absolute Gasteiger partial charge is 0.278 e. The van der Waals surface area contributed by atoms with Crippen molar-refractivity contribution in [3.8, 4) is 28.3 Å². The number of carbonyl (C=O) groups excluding carboxylic acids is 1. The zero-order chi connectivity index (χ0) is 35.2. The molecule has 2 atom stereocenters. The zero-order valence-electron chi connectivity index (χ0n) is 28.5. The van der Waals surface area contributed by atoms with Gasteiger partial charge in [0.1, 0.15) is 5.82 Å². The van der Waals surface area contributed by atoms with Gasteiger partial charge in [0.15, 0.2) is 0 Å². The summed E-state index contributed by atoms with van der Waals surface area (Å²) >= 11 is 14.2. The van der Waals surface area contributed by atoms with Crippen LogP contribution in [0.3, 0.4) is 0 Å². The maximum absolute atomic E-state index is 12.9. The van der Waals surface area contributed by atoms with E-state index in [1.54, 1.807) is 32.6 Å². The van der Waals surface area contributed by atoms with Crippen LogP contribution in [-0.2, 0) is 18.3 Å². The number of hydrogen-bond acceptors (Lipinski definition) is 8. The van der Waals surface area contributed by atoms with Crippen molar-refractivity contribution in [1.29, 1.82) is 0 Å². The largest absolute Gasteiger partial charge is 0.481 e. The quantitative estimate of drug-likeness (QED) is 0.186. The predicted molar refractivity (Wildman–Crippen MR) is 198 cm³/mol. The lowest BCUT2D eigenvalue weighted by atomic mass is 9.97. The van der Waals surface area contributed by atoms with Crippen LogP contribution >= 0.6 is 23.2 Å². The Morgan fingerprint density at radius 3 is 2.52 bits per heavy atom. The van der Waals surface area contributed by atoms with Gasteiger partial charge in [0.05, 0.1) is 45.7 Å². The van der Waals surface area contributed by atoms with E-state index >= 15 is 0 Å². The first-order valence-electron chi connectivity index (χ1n) is 17.0. The fraction of sp³-hybridized carbons (Fsp3) is 0.342. The molecule has 0 saturated carbocycles. The fourth-order valence-electron chi connectivity index (χ4n) is 7.66. The van der Waals surface area contributed by atoms with Gasteiger partial charge in [-0.25, -0.2) is 14.6 Å².